The van der Waals surface area contributed by atoms with Gasteiger partial charge in [-0.15, -0.1) is 11.3 Å². The van der Waals surface area contributed by atoms with Crippen molar-refractivity contribution in [2.24, 2.45) is 5.92 Å². The van der Waals surface area contributed by atoms with Crippen molar-refractivity contribution in [1.82, 2.24) is 29.7 Å². The molecule has 0 radical (unpaired) electrons. The Bertz CT molecular complexity index is 1550. The smallest absolute Gasteiger partial charge is 0.276 e. The van der Waals surface area contributed by atoms with E-state index < -0.39 is 5.66 Å². The highest BCUT2D eigenvalue weighted by molar-refractivity contribution is 7.19. The highest BCUT2D eigenvalue weighted by Crippen LogP contribution is 2.41. The molecule has 1 aliphatic carbocycles. The first-order valence-corrected chi connectivity index (χ1v) is 14.0. The maximum atomic E-state index is 13.4. The number of amides is 2. The lowest BCUT2D eigenvalue weighted by atomic mass is 9.87. The predicted octanol–water partition coefficient (Wildman–Crippen LogP) is 2.95. The normalized spacial score (nSPS) is 22.1. The molecule has 2 atom stereocenters. The molecule has 5 heterocycles. The molecule has 1 fully saturated rings. The van der Waals surface area contributed by atoms with Crippen molar-refractivity contribution in [1.29, 1.82) is 0 Å². The van der Waals surface area contributed by atoms with E-state index >= 15 is 0 Å². The Hall–Kier alpha value is -3.02. The lowest BCUT2D eigenvalue weighted by Crippen LogP contribution is -2.42. The van der Waals surface area contributed by atoms with E-state index in [-0.39, 0.29) is 39.7 Å². The van der Waals surface area contributed by atoms with Crippen LogP contribution in [-0.2, 0) is 23.3 Å². The second kappa shape index (κ2) is 9.03. The number of pyridine rings is 1. The number of rotatable bonds is 4. The molecule has 1 saturated heterocycles. The third kappa shape index (κ3) is 3.99. The van der Waals surface area contributed by atoms with Crippen LogP contribution in [0.5, 0.6) is 0 Å². The number of carbonyl (C=O) groups is 2. The van der Waals surface area contributed by atoms with Gasteiger partial charge in [-0.25, -0.2) is 9.97 Å². The van der Waals surface area contributed by atoms with Gasteiger partial charge in [-0.1, -0.05) is 11.6 Å². The largest absolute Gasteiger partial charge is 0.341 e. The van der Waals surface area contributed by atoms with Crippen molar-refractivity contribution in [2.75, 3.05) is 32.5 Å². The van der Waals surface area contributed by atoms with Crippen LogP contribution in [-0.4, -0.2) is 69.4 Å². The van der Waals surface area contributed by atoms with Gasteiger partial charge in [0, 0.05) is 29.9 Å². The molecule has 200 valence electrons. The van der Waals surface area contributed by atoms with Gasteiger partial charge >= 0.3 is 0 Å². The number of anilines is 2. The lowest BCUT2D eigenvalue weighted by molar-refractivity contribution is -0.134. The zero-order chi connectivity index (χ0) is 26.9. The number of aryl methyl sites for hydroxylation is 1. The fraction of sp³-hybridized carbons (Fsp3) is 0.500. The van der Waals surface area contributed by atoms with Gasteiger partial charge in [-0.3, -0.25) is 19.0 Å². The fourth-order valence-corrected chi connectivity index (χ4v) is 7.52. The Balaban J connectivity index is 1.31. The van der Waals surface area contributed by atoms with Crippen LogP contribution in [0.4, 0.5) is 11.5 Å². The van der Waals surface area contributed by atoms with Crippen LogP contribution in [0.15, 0.2) is 17.2 Å². The van der Waals surface area contributed by atoms with Gasteiger partial charge < -0.3 is 20.4 Å². The Morgan fingerprint density at radius 3 is 2.79 bits per heavy atom. The van der Waals surface area contributed by atoms with Gasteiger partial charge in [0.25, 0.3) is 11.5 Å². The van der Waals surface area contributed by atoms with Gasteiger partial charge in [0.1, 0.15) is 34.0 Å². The number of hydrogen-bond donors (Lipinski definition) is 2. The van der Waals surface area contributed by atoms with E-state index in [2.05, 4.69) is 39.6 Å². The molecule has 12 heteroatoms. The lowest BCUT2D eigenvalue weighted by Gasteiger charge is -2.27. The predicted molar refractivity (Wildman–Crippen MR) is 147 cm³/mol. The van der Waals surface area contributed by atoms with Gasteiger partial charge in [-0.2, -0.15) is 0 Å². The van der Waals surface area contributed by atoms with E-state index in [1.807, 2.05) is 4.90 Å². The molecular formula is C26H30ClN7O3S. The minimum atomic E-state index is -0.906. The number of nitrogens with zero attached hydrogens (tertiary/aromatic N) is 5. The van der Waals surface area contributed by atoms with Crippen LogP contribution in [0, 0.1) is 5.92 Å². The summed E-state index contributed by atoms with van der Waals surface area (Å²) in [6, 6.07) is 1.90. The Morgan fingerprint density at radius 1 is 1.26 bits per heavy atom. The summed E-state index contributed by atoms with van der Waals surface area (Å²) < 4.78 is 1.39. The molecular weight excluding hydrogens is 526 g/mol. The summed E-state index contributed by atoms with van der Waals surface area (Å²) in [7, 11) is 4.13. The minimum Gasteiger partial charge on any atom is -0.341 e. The molecule has 6 rings (SSSR count). The molecule has 10 nitrogen and oxygen atoms in total. The summed E-state index contributed by atoms with van der Waals surface area (Å²) in [5.41, 5.74) is 0.247. The second-order valence-electron chi connectivity index (χ2n) is 11.1. The van der Waals surface area contributed by atoms with Crippen molar-refractivity contribution < 1.29 is 9.59 Å². The van der Waals surface area contributed by atoms with Crippen molar-refractivity contribution in [3.63, 3.8) is 0 Å². The molecule has 3 aromatic heterocycles. The SMILES string of the molecule is CN(C)[C@H]1CCN(C(=O)[C@H]2CCc3c(sc4ncnc(Nc5cc(Cl)c6n(c5=O)C(C)(C)NC6=O)c34)C2)C1. The van der Waals surface area contributed by atoms with E-state index in [1.165, 1.54) is 17.0 Å². The van der Waals surface area contributed by atoms with E-state index in [1.54, 1.807) is 25.2 Å². The van der Waals surface area contributed by atoms with Crippen LogP contribution >= 0.6 is 22.9 Å². The van der Waals surface area contributed by atoms with Gasteiger partial charge in [-0.05, 0) is 65.3 Å². The standard InChI is InChI=1S/C26H30ClN7O3S/c1-26(2)31-22(35)20-16(27)10-17(25(37)34(20)26)30-21-19-15-6-5-13(9-18(15)38-23(19)29-12-28-21)24(36)33-8-7-14(11-33)32(3)4/h10,12-14H,5-9,11H2,1-4H3,(H,31,35)(H,28,29,30)/t13-,14-/m0/s1. The maximum absolute atomic E-state index is 13.4. The quantitative estimate of drug-likeness (QED) is 0.509. The van der Waals surface area contributed by atoms with Crippen LogP contribution in [0.25, 0.3) is 10.2 Å². The van der Waals surface area contributed by atoms with Crippen LogP contribution in [0.1, 0.15) is 47.6 Å². The number of fused-ring (bicyclic) bond motifs is 4. The molecule has 2 aliphatic heterocycles. The Morgan fingerprint density at radius 2 is 2.05 bits per heavy atom. The summed E-state index contributed by atoms with van der Waals surface area (Å²) in [5.74, 6) is 0.353. The summed E-state index contributed by atoms with van der Waals surface area (Å²) in [5, 5.41) is 7.05. The summed E-state index contributed by atoms with van der Waals surface area (Å²) in [4.78, 5) is 54.3. The number of nitrogens with one attached hydrogen (secondary N) is 2. The molecule has 0 unspecified atom stereocenters. The third-order valence-corrected chi connectivity index (χ3v) is 9.45. The minimum absolute atomic E-state index is 0.0340. The van der Waals surface area contributed by atoms with Crippen LogP contribution in [0.2, 0.25) is 5.02 Å². The van der Waals surface area contributed by atoms with Gasteiger partial charge in [0.15, 0.2) is 0 Å². The second-order valence-corrected chi connectivity index (χ2v) is 12.6. The van der Waals surface area contributed by atoms with Crippen molar-refractivity contribution in [2.45, 2.75) is 51.2 Å². The zero-order valence-corrected chi connectivity index (χ0v) is 23.4. The van der Waals surface area contributed by atoms with E-state index in [9.17, 15) is 14.4 Å². The molecule has 0 spiro atoms. The molecule has 2 amide bonds. The number of likely N-dealkylation sites (N-methyl/N-ethyl adjacent to an activating group) is 1. The van der Waals surface area contributed by atoms with E-state index in [4.69, 9.17) is 11.6 Å². The molecule has 3 aromatic rings. The first kappa shape index (κ1) is 25.3. The summed E-state index contributed by atoms with van der Waals surface area (Å²) in [6.45, 7) is 5.11. The monoisotopic (exact) mass is 555 g/mol. The third-order valence-electron chi connectivity index (χ3n) is 8.00. The number of thiophene rings is 1. The molecule has 0 bridgehead atoms. The van der Waals surface area contributed by atoms with E-state index in [0.29, 0.717) is 18.3 Å². The average molecular weight is 556 g/mol. The molecule has 0 saturated carbocycles. The Labute approximate surface area is 229 Å². The number of hydrogen-bond acceptors (Lipinski definition) is 8. The van der Waals surface area contributed by atoms with Crippen molar-refractivity contribution in [3.8, 4) is 0 Å². The zero-order valence-electron chi connectivity index (χ0n) is 21.8. The Kier molecular flexibility index (Phi) is 6.00. The number of likely N-dealkylation sites (tertiary alicyclic amines) is 1. The van der Waals surface area contributed by atoms with Gasteiger partial charge in [0.2, 0.25) is 5.91 Å². The molecule has 38 heavy (non-hydrogen) atoms. The number of halogens is 1. The topological polar surface area (TPSA) is 112 Å². The maximum Gasteiger partial charge on any atom is 0.276 e. The first-order chi connectivity index (χ1) is 18.0. The highest BCUT2D eigenvalue weighted by Gasteiger charge is 2.39. The number of aromatic nitrogens is 3. The summed E-state index contributed by atoms with van der Waals surface area (Å²) in [6.07, 6.45) is 4.69. The first-order valence-electron chi connectivity index (χ1n) is 12.8. The van der Waals surface area contributed by atoms with Crippen LogP contribution < -0.4 is 16.2 Å². The molecule has 3 aliphatic rings. The van der Waals surface area contributed by atoms with E-state index in [0.717, 1.165) is 53.0 Å². The molecule has 2 N–H and O–H groups in total. The van der Waals surface area contributed by atoms with Crippen molar-refractivity contribution in [3.05, 3.63) is 43.9 Å². The molecule has 0 aromatic carbocycles. The average Bonchev–Trinajstić information content (AvgIpc) is 3.55. The fourth-order valence-electron chi connectivity index (χ4n) is 5.98. The number of carbonyl (C=O) groups excluding carboxylic acids is 2. The van der Waals surface area contributed by atoms with Gasteiger partial charge in [0.05, 0.1) is 10.4 Å². The summed E-state index contributed by atoms with van der Waals surface area (Å²) >= 11 is 8.03. The highest BCUT2D eigenvalue weighted by atomic mass is 35.5. The van der Waals surface area contributed by atoms with Crippen LogP contribution in [0.3, 0.4) is 0 Å². The van der Waals surface area contributed by atoms with Crippen molar-refractivity contribution >= 4 is 56.5 Å².